The van der Waals surface area contributed by atoms with E-state index in [-0.39, 0.29) is 11.9 Å². The molecule has 0 aliphatic carbocycles. The molecule has 1 atom stereocenters. The summed E-state index contributed by atoms with van der Waals surface area (Å²) in [4.78, 5) is 16.9. The summed E-state index contributed by atoms with van der Waals surface area (Å²) in [6.45, 7) is 8.56. The molecule has 3 rings (SSSR count). The monoisotopic (exact) mass is 375 g/mol. The van der Waals surface area contributed by atoms with Gasteiger partial charge in [0.2, 0.25) is 0 Å². The molecular weight excluding hydrogens is 346 g/mol. The molecule has 1 heterocycles. The van der Waals surface area contributed by atoms with E-state index in [1.807, 2.05) is 22.8 Å². The molecule has 0 saturated carbocycles. The summed E-state index contributed by atoms with van der Waals surface area (Å²) >= 11 is 0. The van der Waals surface area contributed by atoms with Gasteiger partial charge in [-0.2, -0.15) is 0 Å². The Hall–Kier alpha value is -2.88. The summed E-state index contributed by atoms with van der Waals surface area (Å²) in [5.74, 6) is 0.549. The van der Waals surface area contributed by atoms with Crippen molar-refractivity contribution in [2.75, 3.05) is 0 Å². The zero-order chi connectivity index (χ0) is 20.1. The van der Waals surface area contributed by atoms with Crippen LogP contribution < -0.4 is 5.32 Å². The van der Waals surface area contributed by atoms with Gasteiger partial charge in [-0.25, -0.2) is 4.98 Å². The third-order valence-corrected chi connectivity index (χ3v) is 5.03. The Bertz CT molecular complexity index is 925. The van der Waals surface area contributed by atoms with Gasteiger partial charge in [-0.3, -0.25) is 9.36 Å². The first-order valence-corrected chi connectivity index (χ1v) is 9.95. The molecule has 4 nitrogen and oxygen atoms in total. The summed E-state index contributed by atoms with van der Waals surface area (Å²) in [6.07, 6.45) is 5.39. The van der Waals surface area contributed by atoms with Gasteiger partial charge in [0, 0.05) is 11.7 Å². The zero-order valence-electron chi connectivity index (χ0n) is 17.1. The lowest BCUT2D eigenvalue weighted by Gasteiger charge is -2.16. The average molecular weight is 376 g/mol. The second-order valence-corrected chi connectivity index (χ2v) is 7.86. The Kier molecular flexibility index (Phi) is 6.30. The van der Waals surface area contributed by atoms with Crippen LogP contribution in [-0.2, 0) is 0 Å². The smallest absolute Gasteiger partial charge is 0.270 e. The molecule has 1 aromatic heterocycles. The van der Waals surface area contributed by atoms with Crippen molar-refractivity contribution < 1.29 is 4.79 Å². The number of nitrogens with zero attached hydrogens (tertiary/aromatic N) is 2. The molecule has 1 N–H and O–H groups in total. The number of aromatic nitrogens is 2. The standard InChI is InChI=1S/C24H29N3O/c1-17(2)9-10-19(4)26-24(28)23-15-25-16-27(23)21-13-11-20(12-14-21)22-8-6-5-7-18(22)3/h5-8,11-17,19H,9-10H2,1-4H3,(H,26,28). The van der Waals surface area contributed by atoms with Crippen LogP contribution in [0.5, 0.6) is 0 Å². The SMILES string of the molecule is Cc1ccccc1-c1ccc(-n2cncc2C(=O)NC(C)CCC(C)C)cc1. The second kappa shape index (κ2) is 8.87. The first-order valence-electron chi connectivity index (χ1n) is 9.95. The van der Waals surface area contributed by atoms with Gasteiger partial charge in [-0.1, -0.05) is 50.2 Å². The van der Waals surface area contributed by atoms with Crippen LogP contribution in [0.25, 0.3) is 16.8 Å². The van der Waals surface area contributed by atoms with Crippen LogP contribution in [0.4, 0.5) is 0 Å². The number of hydrogen-bond donors (Lipinski definition) is 1. The highest BCUT2D eigenvalue weighted by Crippen LogP contribution is 2.24. The van der Waals surface area contributed by atoms with E-state index >= 15 is 0 Å². The predicted octanol–water partition coefficient (Wildman–Crippen LogP) is 5.40. The number of rotatable bonds is 7. The van der Waals surface area contributed by atoms with Crippen molar-refractivity contribution in [1.82, 2.24) is 14.9 Å². The maximum Gasteiger partial charge on any atom is 0.270 e. The molecule has 0 bridgehead atoms. The third kappa shape index (κ3) is 4.69. The van der Waals surface area contributed by atoms with Crippen molar-refractivity contribution in [2.45, 2.75) is 46.6 Å². The zero-order valence-corrected chi connectivity index (χ0v) is 17.1. The van der Waals surface area contributed by atoms with Gasteiger partial charge in [0.05, 0.1) is 12.5 Å². The summed E-state index contributed by atoms with van der Waals surface area (Å²) < 4.78 is 1.84. The van der Waals surface area contributed by atoms with Crippen molar-refractivity contribution in [3.63, 3.8) is 0 Å². The van der Waals surface area contributed by atoms with Gasteiger partial charge in [0.25, 0.3) is 5.91 Å². The van der Waals surface area contributed by atoms with Crippen LogP contribution >= 0.6 is 0 Å². The average Bonchev–Trinajstić information content (AvgIpc) is 3.17. The first-order chi connectivity index (χ1) is 13.5. The molecule has 0 aliphatic heterocycles. The van der Waals surface area contributed by atoms with E-state index in [1.54, 1.807) is 12.5 Å². The van der Waals surface area contributed by atoms with E-state index in [2.05, 4.69) is 68.3 Å². The van der Waals surface area contributed by atoms with Crippen LogP contribution in [0.15, 0.2) is 61.1 Å². The number of carbonyl (C=O) groups excluding carboxylic acids is 1. The highest BCUT2D eigenvalue weighted by Gasteiger charge is 2.15. The van der Waals surface area contributed by atoms with Crippen molar-refractivity contribution in [1.29, 1.82) is 0 Å². The number of benzene rings is 2. The van der Waals surface area contributed by atoms with E-state index in [1.165, 1.54) is 11.1 Å². The number of aryl methyl sites for hydroxylation is 1. The van der Waals surface area contributed by atoms with Gasteiger partial charge in [-0.15, -0.1) is 0 Å². The third-order valence-electron chi connectivity index (χ3n) is 5.03. The quantitative estimate of drug-likeness (QED) is 0.601. The van der Waals surface area contributed by atoms with Crippen molar-refractivity contribution >= 4 is 5.91 Å². The Morgan fingerprint density at radius 3 is 2.43 bits per heavy atom. The molecular formula is C24H29N3O. The molecule has 28 heavy (non-hydrogen) atoms. The summed E-state index contributed by atoms with van der Waals surface area (Å²) in [6, 6.07) is 16.7. The molecule has 0 fully saturated rings. The fourth-order valence-corrected chi connectivity index (χ4v) is 3.32. The molecule has 1 unspecified atom stereocenters. The molecule has 0 spiro atoms. The largest absolute Gasteiger partial charge is 0.348 e. The molecule has 2 aromatic carbocycles. The molecule has 3 aromatic rings. The van der Waals surface area contributed by atoms with Crippen LogP contribution in [0.1, 0.15) is 49.7 Å². The fourth-order valence-electron chi connectivity index (χ4n) is 3.32. The highest BCUT2D eigenvalue weighted by atomic mass is 16.2. The normalized spacial score (nSPS) is 12.2. The Labute approximate surface area is 167 Å². The summed E-state index contributed by atoms with van der Waals surface area (Å²) in [5.41, 5.74) is 5.11. The van der Waals surface area contributed by atoms with Gasteiger partial charge in [0.15, 0.2) is 0 Å². The van der Waals surface area contributed by atoms with Crippen LogP contribution in [0.3, 0.4) is 0 Å². The lowest BCUT2D eigenvalue weighted by atomic mass is 10.0. The lowest BCUT2D eigenvalue weighted by Crippen LogP contribution is -2.33. The van der Waals surface area contributed by atoms with Gasteiger partial charge in [0.1, 0.15) is 5.69 Å². The minimum absolute atomic E-state index is 0.0864. The second-order valence-electron chi connectivity index (χ2n) is 7.86. The minimum Gasteiger partial charge on any atom is -0.348 e. The topological polar surface area (TPSA) is 46.9 Å². The van der Waals surface area contributed by atoms with E-state index in [0.717, 1.165) is 24.1 Å². The molecule has 0 radical (unpaired) electrons. The van der Waals surface area contributed by atoms with Crippen molar-refractivity contribution in [2.24, 2.45) is 5.92 Å². The number of amides is 1. The van der Waals surface area contributed by atoms with Crippen molar-refractivity contribution in [3.8, 4) is 16.8 Å². The summed E-state index contributed by atoms with van der Waals surface area (Å²) in [5, 5.41) is 3.09. The van der Waals surface area contributed by atoms with E-state index in [4.69, 9.17) is 0 Å². The molecule has 4 heteroatoms. The predicted molar refractivity (Wildman–Crippen MR) is 115 cm³/mol. The molecule has 1 amide bonds. The van der Waals surface area contributed by atoms with Crippen LogP contribution in [0.2, 0.25) is 0 Å². The minimum atomic E-state index is -0.0864. The van der Waals surface area contributed by atoms with Crippen LogP contribution in [-0.4, -0.2) is 21.5 Å². The van der Waals surface area contributed by atoms with Crippen molar-refractivity contribution in [3.05, 3.63) is 72.3 Å². The van der Waals surface area contributed by atoms with E-state index in [9.17, 15) is 4.79 Å². The number of hydrogen-bond acceptors (Lipinski definition) is 2. The number of nitrogens with one attached hydrogen (secondary N) is 1. The number of carbonyl (C=O) groups is 1. The molecule has 0 aliphatic rings. The van der Waals surface area contributed by atoms with E-state index < -0.39 is 0 Å². The van der Waals surface area contributed by atoms with Gasteiger partial charge >= 0.3 is 0 Å². The Morgan fingerprint density at radius 2 is 1.75 bits per heavy atom. The molecule has 0 saturated heterocycles. The fraction of sp³-hybridized carbons (Fsp3) is 0.333. The maximum absolute atomic E-state index is 12.7. The maximum atomic E-state index is 12.7. The number of imidazole rings is 1. The molecule has 146 valence electrons. The van der Waals surface area contributed by atoms with Crippen LogP contribution in [0, 0.1) is 12.8 Å². The summed E-state index contributed by atoms with van der Waals surface area (Å²) in [7, 11) is 0. The van der Waals surface area contributed by atoms with E-state index in [0.29, 0.717) is 11.6 Å². The Balaban J connectivity index is 1.76. The first kappa shape index (κ1) is 19.9. The van der Waals surface area contributed by atoms with Gasteiger partial charge in [-0.05, 0) is 61.4 Å². The van der Waals surface area contributed by atoms with Gasteiger partial charge < -0.3 is 5.32 Å². The lowest BCUT2D eigenvalue weighted by molar-refractivity contribution is 0.0930. The Morgan fingerprint density at radius 1 is 1.04 bits per heavy atom. The highest BCUT2D eigenvalue weighted by molar-refractivity contribution is 5.93.